The summed E-state index contributed by atoms with van der Waals surface area (Å²) in [5, 5.41) is 3.74. The van der Waals surface area contributed by atoms with Crippen LogP contribution in [0.2, 0.25) is 0 Å². The van der Waals surface area contributed by atoms with E-state index in [4.69, 9.17) is 0 Å². The van der Waals surface area contributed by atoms with E-state index in [1.165, 1.54) is 4.90 Å². The van der Waals surface area contributed by atoms with Crippen LogP contribution in [0.4, 0.5) is 4.39 Å². The number of hydrogen-bond donors (Lipinski definition) is 1. The highest BCUT2D eigenvalue weighted by atomic mass is 32.2. The van der Waals surface area contributed by atoms with E-state index < -0.39 is 0 Å². The number of benzene rings is 1. The molecule has 2 unspecified atom stereocenters. The summed E-state index contributed by atoms with van der Waals surface area (Å²) >= 11 is 1.83. The minimum absolute atomic E-state index is 0.115. The van der Waals surface area contributed by atoms with Gasteiger partial charge in [0.25, 0.3) is 0 Å². The van der Waals surface area contributed by atoms with E-state index in [1.54, 1.807) is 6.07 Å². The van der Waals surface area contributed by atoms with Gasteiger partial charge in [0.1, 0.15) is 5.82 Å². The molecular weight excluding hydrogens is 233 g/mol. The standard InChI is InChI=1S/C14H22FNS/c1-6-10(3)17-14-7-9(2)13(15)8-12(14)11(4)16-5/h7-8,10-11,16H,6H2,1-5H3. The van der Waals surface area contributed by atoms with E-state index in [9.17, 15) is 4.39 Å². The van der Waals surface area contributed by atoms with E-state index >= 15 is 0 Å². The molecule has 0 spiro atoms. The van der Waals surface area contributed by atoms with Crippen LogP contribution >= 0.6 is 11.8 Å². The largest absolute Gasteiger partial charge is 0.313 e. The van der Waals surface area contributed by atoms with Crippen LogP contribution in [0.5, 0.6) is 0 Å². The van der Waals surface area contributed by atoms with Crippen molar-refractivity contribution in [3.05, 3.63) is 29.1 Å². The molecule has 2 atom stereocenters. The van der Waals surface area contributed by atoms with Crippen LogP contribution < -0.4 is 5.32 Å². The number of hydrogen-bond acceptors (Lipinski definition) is 2. The molecule has 17 heavy (non-hydrogen) atoms. The zero-order valence-corrected chi connectivity index (χ0v) is 12.1. The predicted molar refractivity (Wildman–Crippen MR) is 74.2 cm³/mol. The van der Waals surface area contributed by atoms with Crippen molar-refractivity contribution < 1.29 is 4.39 Å². The first-order chi connectivity index (χ1) is 7.99. The lowest BCUT2D eigenvalue weighted by molar-refractivity contribution is 0.594. The van der Waals surface area contributed by atoms with Crippen LogP contribution in [0.25, 0.3) is 0 Å². The Labute approximate surface area is 108 Å². The number of halogens is 1. The SMILES string of the molecule is CCC(C)Sc1cc(C)c(F)cc1C(C)NC. The Balaban J connectivity index is 3.11. The van der Waals surface area contributed by atoms with E-state index in [1.807, 2.05) is 31.8 Å². The highest BCUT2D eigenvalue weighted by Crippen LogP contribution is 2.33. The Morgan fingerprint density at radius 1 is 1.35 bits per heavy atom. The molecule has 1 aromatic carbocycles. The van der Waals surface area contributed by atoms with Gasteiger partial charge < -0.3 is 5.32 Å². The fraction of sp³-hybridized carbons (Fsp3) is 0.571. The molecule has 3 heteroatoms. The summed E-state index contributed by atoms with van der Waals surface area (Å²) < 4.78 is 13.6. The topological polar surface area (TPSA) is 12.0 Å². The average Bonchev–Trinajstić information content (AvgIpc) is 2.32. The normalized spacial score (nSPS) is 14.7. The molecule has 1 nitrogen and oxygen atoms in total. The molecule has 0 saturated heterocycles. The lowest BCUT2D eigenvalue weighted by Gasteiger charge is -2.19. The molecule has 0 saturated carbocycles. The first-order valence-electron chi connectivity index (χ1n) is 6.13. The smallest absolute Gasteiger partial charge is 0.126 e. The van der Waals surface area contributed by atoms with E-state index in [-0.39, 0.29) is 11.9 Å². The summed E-state index contributed by atoms with van der Waals surface area (Å²) in [4.78, 5) is 1.19. The Bertz CT molecular complexity index is 379. The zero-order chi connectivity index (χ0) is 13.0. The third kappa shape index (κ3) is 3.71. The molecule has 0 fully saturated rings. The molecular formula is C14H22FNS. The van der Waals surface area contributed by atoms with E-state index in [0.717, 1.165) is 17.5 Å². The van der Waals surface area contributed by atoms with Crippen LogP contribution in [0, 0.1) is 12.7 Å². The number of nitrogens with one attached hydrogen (secondary N) is 1. The summed E-state index contributed by atoms with van der Waals surface area (Å²) in [5.74, 6) is -0.115. The Morgan fingerprint density at radius 2 is 2.00 bits per heavy atom. The van der Waals surface area contributed by atoms with Crippen molar-refractivity contribution in [1.82, 2.24) is 5.32 Å². The fourth-order valence-electron chi connectivity index (χ4n) is 1.57. The van der Waals surface area contributed by atoms with Gasteiger partial charge in [0.05, 0.1) is 0 Å². The minimum Gasteiger partial charge on any atom is -0.313 e. The molecule has 0 aliphatic carbocycles. The fourth-order valence-corrected chi connectivity index (χ4v) is 2.78. The zero-order valence-electron chi connectivity index (χ0n) is 11.3. The second kappa shape index (κ2) is 6.41. The van der Waals surface area contributed by atoms with Crippen molar-refractivity contribution in [1.29, 1.82) is 0 Å². The quantitative estimate of drug-likeness (QED) is 0.787. The minimum atomic E-state index is -0.115. The van der Waals surface area contributed by atoms with E-state index in [2.05, 4.69) is 26.1 Å². The van der Waals surface area contributed by atoms with Gasteiger partial charge in [-0.1, -0.05) is 13.8 Å². The van der Waals surface area contributed by atoms with Crippen LogP contribution in [-0.2, 0) is 0 Å². The summed E-state index contributed by atoms with van der Waals surface area (Å²) in [6.07, 6.45) is 1.12. The molecule has 1 rings (SSSR count). The number of aryl methyl sites for hydroxylation is 1. The molecule has 0 aliphatic rings. The first kappa shape index (κ1) is 14.5. The van der Waals surface area contributed by atoms with Crippen molar-refractivity contribution in [3.63, 3.8) is 0 Å². The van der Waals surface area contributed by atoms with Gasteiger partial charge in [0.2, 0.25) is 0 Å². The third-order valence-corrected chi connectivity index (χ3v) is 4.44. The summed E-state index contributed by atoms with van der Waals surface area (Å²) in [7, 11) is 1.90. The van der Waals surface area contributed by atoms with Crippen molar-refractivity contribution in [2.45, 2.75) is 50.3 Å². The van der Waals surface area contributed by atoms with Gasteiger partial charge in [-0.3, -0.25) is 0 Å². The monoisotopic (exact) mass is 255 g/mol. The molecule has 96 valence electrons. The Morgan fingerprint density at radius 3 is 2.53 bits per heavy atom. The maximum Gasteiger partial charge on any atom is 0.126 e. The van der Waals surface area contributed by atoms with Crippen LogP contribution in [0.3, 0.4) is 0 Å². The van der Waals surface area contributed by atoms with Gasteiger partial charge in [0.15, 0.2) is 0 Å². The lowest BCUT2D eigenvalue weighted by Crippen LogP contribution is -2.14. The van der Waals surface area contributed by atoms with E-state index in [0.29, 0.717) is 5.25 Å². The van der Waals surface area contributed by atoms with Crippen molar-refractivity contribution >= 4 is 11.8 Å². The summed E-state index contributed by atoms with van der Waals surface area (Å²) in [6.45, 7) is 8.26. The Kier molecular flexibility index (Phi) is 5.47. The second-order valence-electron chi connectivity index (χ2n) is 4.49. The van der Waals surface area contributed by atoms with Crippen molar-refractivity contribution in [2.24, 2.45) is 0 Å². The lowest BCUT2D eigenvalue weighted by atomic mass is 10.1. The molecule has 0 heterocycles. The number of thioether (sulfide) groups is 1. The first-order valence-corrected chi connectivity index (χ1v) is 7.01. The Hall–Kier alpha value is -0.540. The van der Waals surface area contributed by atoms with Gasteiger partial charge in [0, 0.05) is 16.2 Å². The van der Waals surface area contributed by atoms with Gasteiger partial charge >= 0.3 is 0 Å². The molecule has 0 radical (unpaired) electrons. The average molecular weight is 255 g/mol. The second-order valence-corrected chi connectivity index (χ2v) is 5.97. The summed E-state index contributed by atoms with van der Waals surface area (Å²) in [6, 6.07) is 3.81. The maximum absolute atomic E-state index is 13.6. The third-order valence-electron chi connectivity index (χ3n) is 3.09. The highest BCUT2D eigenvalue weighted by Gasteiger charge is 2.14. The molecule has 1 N–H and O–H groups in total. The van der Waals surface area contributed by atoms with Gasteiger partial charge in [-0.15, -0.1) is 11.8 Å². The molecule has 0 bridgehead atoms. The van der Waals surface area contributed by atoms with Crippen molar-refractivity contribution in [3.8, 4) is 0 Å². The molecule has 0 aromatic heterocycles. The van der Waals surface area contributed by atoms with Gasteiger partial charge in [-0.25, -0.2) is 4.39 Å². The molecule has 0 amide bonds. The predicted octanol–water partition coefficient (Wildman–Crippen LogP) is 4.31. The van der Waals surface area contributed by atoms with Crippen molar-refractivity contribution in [2.75, 3.05) is 7.05 Å². The maximum atomic E-state index is 13.6. The van der Waals surface area contributed by atoms with Crippen LogP contribution in [0.1, 0.15) is 44.4 Å². The van der Waals surface area contributed by atoms with Gasteiger partial charge in [-0.05, 0) is 50.6 Å². The van der Waals surface area contributed by atoms with Crippen LogP contribution in [-0.4, -0.2) is 12.3 Å². The number of rotatable bonds is 5. The van der Waals surface area contributed by atoms with Gasteiger partial charge in [-0.2, -0.15) is 0 Å². The molecule has 0 aliphatic heterocycles. The molecule has 1 aromatic rings. The highest BCUT2D eigenvalue weighted by molar-refractivity contribution is 8.00. The summed E-state index contributed by atoms with van der Waals surface area (Å²) in [5.41, 5.74) is 1.78. The van der Waals surface area contributed by atoms with Crippen LogP contribution in [0.15, 0.2) is 17.0 Å².